The van der Waals surface area contributed by atoms with E-state index in [0.717, 1.165) is 12.1 Å². The molecule has 3 heterocycles. The first-order valence-corrected chi connectivity index (χ1v) is 12.1. The molecule has 1 unspecified atom stereocenters. The number of aromatic nitrogens is 2. The van der Waals surface area contributed by atoms with Crippen LogP contribution >= 0.6 is 11.3 Å². The van der Waals surface area contributed by atoms with E-state index in [0.29, 0.717) is 49.7 Å². The highest BCUT2D eigenvalue weighted by atomic mass is 32.1. The SMILES string of the molecule is CC(NC(=O)c1sc(-c2ncccc2CN2CCOCC2)nc1C(F)(F)F)c1cccc(C(F)(F)F)c1. The van der Waals surface area contributed by atoms with E-state index in [1.165, 1.54) is 25.3 Å². The van der Waals surface area contributed by atoms with Crippen LogP contribution in [0.5, 0.6) is 0 Å². The highest BCUT2D eigenvalue weighted by Crippen LogP contribution is 2.38. The summed E-state index contributed by atoms with van der Waals surface area (Å²) < 4.78 is 86.0. The summed E-state index contributed by atoms with van der Waals surface area (Å²) in [5, 5.41) is 2.29. The summed E-state index contributed by atoms with van der Waals surface area (Å²) in [6, 6.07) is 6.66. The molecule has 2 aromatic heterocycles. The number of amides is 1. The fourth-order valence-corrected chi connectivity index (χ4v) is 4.88. The summed E-state index contributed by atoms with van der Waals surface area (Å²) >= 11 is 0.539. The van der Waals surface area contributed by atoms with Gasteiger partial charge in [0.15, 0.2) is 5.69 Å². The van der Waals surface area contributed by atoms with Gasteiger partial charge in [0.2, 0.25) is 0 Å². The lowest BCUT2D eigenvalue weighted by molar-refractivity contribution is -0.141. The number of benzene rings is 1. The normalized spacial score (nSPS) is 16.0. The van der Waals surface area contributed by atoms with E-state index < -0.39 is 40.4 Å². The Morgan fingerprint density at radius 1 is 1.11 bits per heavy atom. The van der Waals surface area contributed by atoms with Crippen LogP contribution < -0.4 is 5.32 Å². The number of halogens is 6. The third-order valence-electron chi connectivity index (χ3n) is 5.75. The van der Waals surface area contributed by atoms with Crippen molar-refractivity contribution in [1.82, 2.24) is 20.2 Å². The van der Waals surface area contributed by atoms with Crippen LogP contribution in [0, 0.1) is 0 Å². The van der Waals surface area contributed by atoms with E-state index in [2.05, 4.69) is 20.2 Å². The van der Waals surface area contributed by atoms with Gasteiger partial charge in [-0.2, -0.15) is 26.3 Å². The van der Waals surface area contributed by atoms with Gasteiger partial charge in [-0.05, 0) is 36.2 Å². The maximum absolute atomic E-state index is 13.9. The summed E-state index contributed by atoms with van der Waals surface area (Å²) in [7, 11) is 0. The summed E-state index contributed by atoms with van der Waals surface area (Å²) in [4.78, 5) is 22.3. The first kappa shape index (κ1) is 27.0. The van der Waals surface area contributed by atoms with E-state index in [9.17, 15) is 31.1 Å². The number of thiazole rings is 1. The second-order valence-corrected chi connectivity index (χ2v) is 9.41. The van der Waals surface area contributed by atoms with Gasteiger partial charge in [-0.15, -0.1) is 11.3 Å². The predicted octanol–water partition coefficient (Wildman–Crippen LogP) is 5.57. The molecule has 6 nitrogen and oxygen atoms in total. The molecule has 1 atom stereocenters. The van der Waals surface area contributed by atoms with Gasteiger partial charge in [-0.25, -0.2) is 4.98 Å². The van der Waals surface area contributed by atoms with Crippen molar-refractivity contribution in [3.05, 3.63) is 69.9 Å². The molecule has 0 radical (unpaired) electrons. The van der Waals surface area contributed by atoms with Crippen molar-refractivity contribution in [3.8, 4) is 10.7 Å². The fourth-order valence-electron chi connectivity index (χ4n) is 3.86. The molecule has 0 saturated carbocycles. The fraction of sp³-hybridized carbons (Fsp3) is 0.375. The molecule has 0 spiro atoms. The van der Waals surface area contributed by atoms with Crippen LogP contribution in [0.1, 0.15) is 45.0 Å². The molecule has 0 aliphatic carbocycles. The summed E-state index contributed by atoms with van der Waals surface area (Å²) in [6.45, 7) is 4.20. The number of carbonyl (C=O) groups excluding carboxylic acids is 1. The quantitative estimate of drug-likeness (QED) is 0.412. The second-order valence-electron chi connectivity index (χ2n) is 8.41. The van der Waals surface area contributed by atoms with Gasteiger partial charge in [0.05, 0.1) is 24.8 Å². The van der Waals surface area contributed by atoms with Gasteiger partial charge < -0.3 is 10.1 Å². The van der Waals surface area contributed by atoms with E-state index in [4.69, 9.17) is 4.74 Å². The van der Waals surface area contributed by atoms with E-state index in [-0.39, 0.29) is 16.3 Å². The lowest BCUT2D eigenvalue weighted by atomic mass is 10.0. The highest BCUT2D eigenvalue weighted by Gasteiger charge is 2.40. The van der Waals surface area contributed by atoms with E-state index in [1.54, 1.807) is 12.1 Å². The van der Waals surface area contributed by atoms with Crippen molar-refractivity contribution in [1.29, 1.82) is 0 Å². The molecular formula is C24H22F6N4O2S. The maximum Gasteiger partial charge on any atom is 0.435 e. The van der Waals surface area contributed by atoms with Crippen molar-refractivity contribution in [3.63, 3.8) is 0 Å². The van der Waals surface area contributed by atoms with Crippen LogP contribution in [0.4, 0.5) is 26.3 Å². The molecule has 1 aliphatic rings. The molecule has 1 N–H and O–H groups in total. The predicted molar refractivity (Wildman–Crippen MR) is 124 cm³/mol. The number of nitrogens with one attached hydrogen (secondary N) is 1. The van der Waals surface area contributed by atoms with Crippen LogP contribution in [0.2, 0.25) is 0 Å². The Bertz CT molecular complexity index is 1250. The molecule has 13 heteroatoms. The number of pyridine rings is 1. The summed E-state index contributed by atoms with van der Waals surface area (Å²) in [5.41, 5.74) is -1.32. The largest absolute Gasteiger partial charge is 0.435 e. The van der Waals surface area contributed by atoms with Crippen LogP contribution in [-0.2, 0) is 23.6 Å². The minimum Gasteiger partial charge on any atom is -0.379 e. The number of rotatable bonds is 6. The Morgan fingerprint density at radius 3 is 2.51 bits per heavy atom. The Labute approximate surface area is 212 Å². The average Bonchev–Trinajstić information content (AvgIpc) is 3.31. The Hall–Kier alpha value is -3.03. The van der Waals surface area contributed by atoms with Crippen molar-refractivity contribution in [2.24, 2.45) is 0 Å². The molecule has 198 valence electrons. The van der Waals surface area contributed by atoms with Crippen LogP contribution in [-0.4, -0.2) is 47.1 Å². The van der Waals surface area contributed by atoms with Gasteiger partial charge in [0.1, 0.15) is 15.6 Å². The topological polar surface area (TPSA) is 67.4 Å². The molecule has 1 saturated heterocycles. The Morgan fingerprint density at radius 2 is 1.84 bits per heavy atom. The van der Waals surface area contributed by atoms with Crippen molar-refractivity contribution in [2.75, 3.05) is 26.3 Å². The van der Waals surface area contributed by atoms with Crippen molar-refractivity contribution in [2.45, 2.75) is 31.9 Å². The van der Waals surface area contributed by atoms with Crippen molar-refractivity contribution < 1.29 is 35.9 Å². The van der Waals surface area contributed by atoms with Gasteiger partial charge in [0.25, 0.3) is 5.91 Å². The van der Waals surface area contributed by atoms with Crippen LogP contribution in [0.25, 0.3) is 10.7 Å². The highest BCUT2D eigenvalue weighted by molar-refractivity contribution is 7.17. The molecule has 0 bridgehead atoms. The van der Waals surface area contributed by atoms with E-state index >= 15 is 0 Å². The average molecular weight is 545 g/mol. The number of nitrogens with zero attached hydrogens (tertiary/aromatic N) is 3. The van der Waals surface area contributed by atoms with Crippen molar-refractivity contribution >= 4 is 17.2 Å². The molecule has 1 fully saturated rings. The number of hydrogen-bond donors (Lipinski definition) is 1. The Kier molecular flexibility index (Phi) is 7.85. The minimum atomic E-state index is -4.93. The van der Waals surface area contributed by atoms with Gasteiger partial charge in [0, 0.05) is 25.8 Å². The zero-order valence-corrected chi connectivity index (χ0v) is 20.3. The third kappa shape index (κ3) is 6.46. The zero-order valence-electron chi connectivity index (χ0n) is 19.5. The zero-order chi connectivity index (χ0) is 26.8. The van der Waals surface area contributed by atoms with Crippen LogP contribution in [0.15, 0.2) is 42.6 Å². The summed E-state index contributed by atoms with van der Waals surface area (Å²) in [6.07, 6.45) is -8.10. The first-order chi connectivity index (χ1) is 17.4. The van der Waals surface area contributed by atoms with Gasteiger partial charge in [-0.3, -0.25) is 14.7 Å². The standard InChI is InChI=1S/C24H22F6N4O2S/c1-14(15-4-2-6-17(12-15)23(25,26)27)32-21(35)19-20(24(28,29)30)33-22(37-19)18-16(5-3-7-31-18)13-34-8-10-36-11-9-34/h2-7,12,14H,8-11,13H2,1H3,(H,32,35). The first-order valence-electron chi connectivity index (χ1n) is 11.2. The number of hydrogen-bond acceptors (Lipinski definition) is 6. The van der Waals surface area contributed by atoms with Gasteiger partial charge >= 0.3 is 12.4 Å². The second kappa shape index (κ2) is 10.8. The molecule has 1 aromatic carbocycles. The Balaban J connectivity index is 1.62. The molecule has 3 aromatic rings. The van der Waals surface area contributed by atoms with Gasteiger partial charge in [-0.1, -0.05) is 18.2 Å². The summed E-state index contributed by atoms with van der Waals surface area (Å²) in [5.74, 6) is -1.09. The number of morpholine rings is 1. The third-order valence-corrected chi connectivity index (χ3v) is 6.82. The number of ether oxygens (including phenoxy) is 1. The number of carbonyl (C=O) groups is 1. The smallest absolute Gasteiger partial charge is 0.379 e. The van der Waals surface area contributed by atoms with Crippen LogP contribution in [0.3, 0.4) is 0 Å². The molecule has 4 rings (SSSR count). The molecule has 37 heavy (non-hydrogen) atoms. The lowest BCUT2D eigenvalue weighted by Crippen LogP contribution is -2.35. The maximum atomic E-state index is 13.9. The monoisotopic (exact) mass is 544 g/mol. The molecular weight excluding hydrogens is 522 g/mol. The lowest BCUT2D eigenvalue weighted by Gasteiger charge is -2.26. The number of alkyl halides is 6. The van der Waals surface area contributed by atoms with E-state index in [1.807, 2.05) is 0 Å². The molecule has 1 amide bonds. The molecule has 1 aliphatic heterocycles. The minimum absolute atomic E-state index is 0.0759.